The van der Waals surface area contributed by atoms with Crippen LogP contribution in [-0.2, 0) is 15.7 Å². The van der Waals surface area contributed by atoms with Gasteiger partial charge in [0.1, 0.15) is 10.8 Å². The van der Waals surface area contributed by atoms with Crippen LogP contribution in [0.2, 0.25) is 10.0 Å². The predicted molar refractivity (Wildman–Crippen MR) is 124 cm³/mol. The van der Waals surface area contributed by atoms with Gasteiger partial charge in [0.2, 0.25) is 5.91 Å². The zero-order valence-electron chi connectivity index (χ0n) is 17.4. The molecule has 1 aromatic carbocycles. The summed E-state index contributed by atoms with van der Waals surface area (Å²) in [5.41, 5.74) is -0.708. The number of carbonyl (C=O) groups is 3. The number of rotatable bonds is 8. The van der Waals surface area contributed by atoms with Gasteiger partial charge in [0.25, 0.3) is 0 Å². The molecule has 35 heavy (non-hydrogen) atoms. The summed E-state index contributed by atoms with van der Waals surface area (Å²) < 4.78 is 42.9. The Morgan fingerprint density at radius 2 is 1.80 bits per heavy atom. The molecule has 0 spiro atoms. The molecule has 0 bridgehead atoms. The van der Waals surface area contributed by atoms with E-state index in [2.05, 4.69) is 15.3 Å². The highest BCUT2D eigenvalue weighted by atomic mass is 35.5. The fourth-order valence-electron chi connectivity index (χ4n) is 2.57. The van der Waals surface area contributed by atoms with Crippen molar-refractivity contribution in [3.05, 3.63) is 81.6 Å². The van der Waals surface area contributed by atoms with E-state index in [1.54, 1.807) is 0 Å². The molecule has 182 valence electrons. The molecule has 0 saturated carbocycles. The second kappa shape index (κ2) is 11.5. The van der Waals surface area contributed by atoms with Crippen molar-refractivity contribution in [2.24, 2.45) is 0 Å². The normalized spacial score (nSPS) is 11.1. The SMILES string of the molecule is O=C(CSc1ncccc1C(=O)OCC(=O)c1ccc(Cl)c(Cl)c1)Nc1ccc(C(F)(F)F)cn1. The molecular formula is C22H14Cl2F3N3O4S. The molecular weight excluding hydrogens is 530 g/mol. The zero-order valence-corrected chi connectivity index (χ0v) is 19.8. The van der Waals surface area contributed by atoms with E-state index in [0.717, 1.165) is 23.9 Å². The summed E-state index contributed by atoms with van der Waals surface area (Å²) in [4.78, 5) is 44.5. The maximum atomic E-state index is 12.6. The van der Waals surface area contributed by atoms with Crippen molar-refractivity contribution < 1.29 is 32.3 Å². The van der Waals surface area contributed by atoms with Gasteiger partial charge >= 0.3 is 12.1 Å². The monoisotopic (exact) mass is 543 g/mol. The molecule has 2 heterocycles. The van der Waals surface area contributed by atoms with Crippen LogP contribution in [0.4, 0.5) is 19.0 Å². The number of esters is 1. The molecule has 13 heteroatoms. The van der Waals surface area contributed by atoms with Crippen molar-refractivity contribution in [1.29, 1.82) is 0 Å². The van der Waals surface area contributed by atoms with Gasteiger partial charge in [0.15, 0.2) is 12.4 Å². The van der Waals surface area contributed by atoms with Crippen molar-refractivity contribution in [1.82, 2.24) is 9.97 Å². The van der Waals surface area contributed by atoms with Gasteiger partial charge in [-0.1, -0.05) is 35.0 Å². The second-order valence-corrected chi connectivity index (χ2v) is 8.53. The molecule has 1 N–H and O–H groups in total. The van der Waals surface area contributed by atoms with E-state index in [-0.39, 0.29) is 37.8 Å². The highest BCUT2D eigenvalue weighted by molar-refractivity contribution is 8.00. The molecule has 0 aliphatic heterocycles. The third-order valence-electron chi connectivity index (χ3n) is 4.27. The molecule has 3 aromatic rings. The third kappa shape index (κ3) is 7.41. The summed E-state index contributed by atoms with van der Waals surface area (Å²) in [6.45, 7) is -0.560. The molecule has 0 aliphatic rings. The minimum absolute atomic E-state index is 0.0277. The first-order valence-corrected chi connectivity index (χ1v) is 11.3. The molecule has 0 aliphatic carbocycles. The number of benzene rings is 1. The molecule has 0 radical (unpaired) electrons. The van der Waals surface area contributed by atoms with Crippen LogP contribution in [0.5, 0.6) is 0 Å². The Hall–Kier alpha value is -3.15. The zero-order chi connectivity index (χ0) is 25.6. The molecule has 0 unspecified atom stereocenters. The average molecular weight is 544 g/mol. The number of amides is 1. The Morgan fingerprint density at radius 1 is 1.03 bits per heavy atom. The van der Waals surface area contributed by atoms with Crippen molar-refractivity contribution in [3.8, 4) is 0 Å². The third-order valence-corrected chi connectivity index (χ3v) is 6.01. The van der Waals surface area contributed by atoms with Gasteiger partial charge in [0.05, 0.1) is 26.9 Å². The highest BCUT2D eigenvalue weighted by Crippen LogP contribution is 2.29. The number of hydrogen-bond acceptors (Lipinski definition) is 7. The summed E-state index contributed by atoms with van der Waals surface area (Å²) in [5, 5.41) is 2.97. The second-order valence-electron chi connectivity index (χ2n) is 6.75. The van der Waals surface area contributed by atoms with Crippen LogP contribution in [0.15, 0.2) is 59.9 Å². The number of alkyl halides is 3. The lowest BCUT2D eigenvalue weighted by molar-refractivity contribution is -0.137. The standard InChI is InChI=1S/C22H14Cl2F3N3O4S/c23-15-5-3-12(8-16(15)24)17(31)10-34-21(33)14-2-1-7-28-20(14)35-11-19(32)30-18-6-4-13(9-29-18)22(25,26)27/h1-9H,10-11H2,(H,29,30,32). The van der Waals surface area contributed by atoms with Crippen molar-refractivity contribution >= 4 is 58.4 Å². The van der Waals surface area contributed by atoms with E-state index in [0.29, 0.717) is 6.20 Å². The van der Waals surface area contributed by atoms with Crippen LogP contribution in [0.3, 0.4) is 0 Å². The van der Waals surface area contributed by atoms with Crippen LogP contribution in [0, 0.1) is 0 Å². The molecule has 2 aromatic heterocycles. The van der Waals surface area contributed by atoms with Crippen LogP contribution < -0.4 is 5.32 Å². The maximum Gasteiger partial charge on any atom is 0.417 e. The van der Waals surface area contributed by atoms with Gasteiger partial charge in [-0.2, -0.15) is 13.2 Å². The fraction of sp³-hybridized carbons (Fsp3) is 0.136. The molecule has 3 rings (SSSR count). The van der Waals surface area contributed by atoms with Gasteiger partial charge in [-0.15, -0.1) is 0 Å². The predicted octanol–water partition coefficient (Wildman–Crippen LogP) is 5.57. The molecule has 1 amide bonds. The summed E-state index contributed by atoms with van der Waals surface area (Å²) in [6, 6.07) is 8.96. The summed E-state index contributed by atoms with van der Waals surface area (Å²) in [7, 11) is 0. The number of hydrogen-bond donors (Lipinski definition) is 1. The van der Waals surface area contributed by atoms with E-state index in [1.807, 2.05) is 0 Å². The Labute approximate surface area is 211 Å². The van der Waals surface area contributed by atoms with Gasteiger partial charge in [-0.25, -0.2) is 14.8 Å². The van der Waals surface area contributed by atoms with Crippen molar-refractivity contribution in [3.63, 3.8) is 0 Å². The van der Waals surface area contributed by atoms with Crippen LogP contribution in [0.1, 0.15) is 26.3 Å². The topological polar surface area (TPSA) is 98.3 Å². The minimum atomic E-state index is -4.54. The number of ketones is 1. The van der Waals surface area contributed by atoms with E-state index >= 15 is 0 Å². The van der Waals surface area contributed by atoms with Crippen LogP contribution >= 0.6 is 35.0 Å². The number of Topliss-reactive ketones (excluding diaryl/α,β-unsaturated/α-hetero) is 1. The van der Waals surface area contributed by atoms with Crippen LogP contribution in [0.25, 0.3) is 0 Å². The van der Waals surface area contributed by atoms with E-state index in [1.165, 1.54) is 36.5 Å². The lowest BCUT2D eigenvalue weighted by Crippen LogP contribution is -2.17. The maximum absolute atomic E-state index is 12.6. The van der Waals surface area contributed by atoms with Gasteiger partial charge in [-0.3, -0.25) is 9.59 Å². The molecule has 7 nitrogen and oxygen atoms in total. The number of thioether (sulfide) groups is 1. The Bertz CT molecular complexity index is 1260. The van der Waals surface area contributed by atoms with Gasteiger partial charge in [-0.05, 0) is 42.5 Å². The van der Waals surface area contributed by atoms with E-state index in [4.69, 9.17) is 27.9 Å². The van der Waals surface area contributed by atoms with E-state index in [9.17, 15) is 27.6 Å². The average Bonchev–Trinajstić information content (AvgIpc) is 2.82. The smallest absolute Gasteiger partial charge is 0.417 e. The van der Waals surface area contributed by atoms with Crippen molar-refractivity contribution in [2.75, 3.05) is 17.7 Å². The van der Waals surface area contributed by atoms with Crippen molar-refractivity contribution in [2.45, 2.75) is 11.2 Å². The first-order valence-electron chi connectivity index (χ1n) is 9.61. The Kier molecular flexibility index (Phi) is 8.71. The Morgan fingerprint density at radius 3 is 2.46 bits per heavy atom. The first kappa shape index (κ1) is 26.5. The first-order chi connectivity index (χ1) is 16.5. The number of nitrogens with zero attached hydrogens (tertiary/aromatic N) is 2. The number of nitrogens with one attached hydrogen (secondary N) is 1. The largest absolute Gasteiger partial charge is 0.454 e. The van der Waals surface area contributed by atoms with E-state index < -0.39 is 36.0 Å². The number of pyridine rings is 2. The molecule has 0 atom stereocenters. The molecule has 0 saturated heterocycles. The fourth-order valence-corrected chi connectivity index (χ4v) is 3.65. The number of carbonyl (C=O) groups excluding carboxylic acids is 3. The number of anilines is 1. The Balaban J connectivity index is 1.57. The number of ether oxygens (including phenoxy) is 1. The quantitative estimate of drug-likeness (QED) is 0.225. The lowest BCUT2D eigenvalue weighted by atomic mass is 10.1. The number of halogens is 5. The summed E-state index contributed by atoms with van der Waals surface area (Å²) >= 11 is 12.6. The summed E-state index contributed by atoms with van der Waals surface area (Å²) in [6.07, 6.45) is -2.54. The van der Waals surface area contributed by atoms with Gasteiger partial charge < -0.3 is 10.1 Å². The van der Waals surface area contributed by atoms with Crippen LogP contribution in [-0.4, -0.2) is 40.0 Å². The minimum Gasteiger partial charge on any atom is -0.454 e. The molecule has 0 fully saturated rings. The lowest BCUT2D eigenvalue weighted by Gasteiger charge is -2.09. The van der Waals surface area contributed by atoms with Gasteiger partial charge in [0, 0.05) is 18.0 Å². The summed E-state index contributed by atoms with van der Waals surface area (Å²) in [5.74, 6) is -2.20. The number of aromatic nitrogens is 2. The highest BCUT2D eigenvalue weighted by Gasteiger charge is 2.30.